The second kappa shape index (κ2) is 6.11. The van der Waals surface area contributed by atoms with Crippen LogP contribution in [-0.4, -0.2) is 15.0 Å². The lowest BCUT2D eigenvalue weighted by Crippen LogP contribution is -2.02. The maximum atomic E-state index is 6.15. The topological polar surface area (TPSA) is 76.7 Å². The van der Waals surface area contributed by atoms with Gasteiger partial charge >= 0.3 is 0 Å². The molecule has 21 heavy (non-hydrogen) atoms. The fourth-order valence-electron chi connectivity index (χ4n) is 1.66. The van der Waals surface area contributed by atoms with E-state index in [9.17, 15) is 0 Å². The molecule has 2 heterocycles. The van der Waals surface area contributed by atoms with Crippen LogP contribution in [-0.2, 0) is 0 Å². The van der Waals surface area contributed by atoms with E-state index >= 15 is 0 Å². The molecule has 3 rings (SSSR count). The lowest BCUT2D eigenvalue weighted by atomic mass is 10.2. The van der Waals surface area contributed by atoms with Crippen LogP contribution in [0.5, 0.6) is 0 Å². The van der Waals surface area contributed by atoms with Crippen molar-refractivity contribution in [1.82, 2.24) is 15.0 Å². The molecular formula is C14H13N5S2. The molecule has 0 saturated carbocycles. The molecule has 0 saturated heterocycles. The molecule has 0 amide bonds. The minimum atomic E-state index is 0.526. The molecule has 0 atom stereocenters. The van der Waals surface area contributed by atoms with Crippen molar-refractivity contribution in [3.63, 3.8) is 0 Å². The average Bonchev–Trinajstić information content (AvgIpc) is 2.99. The van der Waals surface area contributed by atoms with Gasteiger partial charge in [-0.2, -0.15) is 0 Å². The van der Waals surface area contributed by atoms with Crippen LogP contribution < -0.4 is 11.1 Å². The molecule has 0 fully saturated rings. The Morgan fingerprint density at radius 2 is 1.95 bits per heavy atom. The molecule has 0 radical (unpaired) electrons. The molecule has 3 aromatic rings. The molecular weight excluding hydrogens is 302 g/mol. The minimum Gasteiger partial charge on any atom is -0.394 e. The summed E-state index contributed by atoms with van der Waals surface area (Å²) in [6, 6.07) is 8.23. The first kappa shape index (κ1) is 13.8. The number of benzene rings is 1. The van der Waals surface area contributed by atoms with Crippen molar-refractivity contribution in [2.75, 3.05) is 11.1 Å². The highest BCUT2D eigenvalue weighted by atomic mass is 32.2. The fourth-order valence-corrected chi connectivity index (χ4v) is 2.99. The van der Waals surface area contributed by atoms with Gasteiger partial charge in [-0.3, -0.25) is 0 Å². The van der Waals surface area contributed by atoms with Gasteiger partial charge in [-0.05, 0) is 19.1 Å². The molecule has 0 spiro atoms. The van der Waals surface area contributed by atoms with E-state index < -0.39 is 0 Å². The van der Waals surface area contributed by atoms with Gasteiger partial charge in [-0.1, -0.05) is 29.5 Å². The highest BCUT2D eigenvalue weighted by Gasteiger charge is 2.10. The van der Waals surface area contributed by atoms with Gasteiger partial charge in [0.15, 0.2) is 10.9 Å². The Morgan fingerprint density at radius 1 is 1.14 bits per heavy atom. The molecule has 3 N–H and O–H groups in total. The zero-order valence-electron chi connectivity index (χ0n) is 11.3. The second-order valence-corrected chi connectivity index (χ2v) is 6.28. The second-order valence-electron chi connectivity index (χ2n) is 4.32. The van der Waals surface area contributed by atoms with Gasteiger partial charge in [0.25, 0.3) is 0 Å². The van der Waals surface area contributed by atoms with E-state index in [4.69, 9.17) is 5.73 Å². The van der Waals surface area contributed by atoms with Crippen LogP contribution in [0.3, 0.4) is 0 Å². The summed E-state index contributed by atoms with van der Waals surface area (Å²) in [5, 5.41) is 6.48. The summed E-state index contributed by atoms with van der Waals surface area (Å²) in [5.41, 5.74) is 7.90. The van der Waals surface area contributed by atoms with Crippen molar-refractivity contribution in [1.29, 1.82) is 0 Å². The van der Waals surface area contributed by atoms with Crippen molar-refractivity contribution in [2.45, 2.75) is 16.8 Å². The molecule has 7 heteroatoms. The van der Waals surface area contributed by atoms with Crippen molar-refractivity contribution >= 4 is 39.7 Å². The first-order chi connectivity index (χ1) is 10.2. The lowest BCUT2D eigenvalue weighted by molar-refractivity contribution is 1.06. The van der Waals surface area contributed by atoms with E-state index in [1.165, 1.54) is 35.0 Å². The number of nitrogens with one attached hydrogen (secondary N) is 1. The molecule has 0 bridgehead atoms. The molecule has 1 aromatic carbocycles. The van der Waals surface area contributed by atoms with Gasteiger partial charge in [0.05, 0.1) is 0 Å². The average molecular weight is 315 g/mol. The highest BCUT2D eigenvalue weighted by Crippen LogP contribution is 2.34. The van der Waals surface area contributed by atoms with Gasteiger partial charge in [-0.25, -0.2) is 15.0 Å². The van der Waals surface area contributed by atoms with E-state index in [0.717, 1.165) is 15.1 Å². The van der Waals surface area contributed by atoms with Crippen LogP contribution in [0.15, 0.2) is 52.1 Å². The van der Waals surface area contributed by atoms with Crippen LogP contribution in [0.1, 0.15) is 5.56 Å². The van der Waals surface area contributed by atoms with Gasteiger partial charge in [0.2, 0.25) is 0 Å². The minimum absolute atomic E-state index is 0.526. The molecule has 5 nitrogen and oxygen atoms in total. The van der Waals surface area contributed by atoms with E-state index in [0.29, 0.717) is 11.5 Å². The first-order valence-electron chi connectivity index (χ1n) is 6.24. The van der Waals surface area contributed by atoms with Crippen LogP contribution >= 0.6 is 23.1 Å². The first-order valence-corrected chi connectivity index (χ1v) is 7.93. The molecule has 0 aliphatic rings. The van der Waals surface area contributed by atoms with Gasteiger partial charge in [-0.15, -0.1) is 11.3 Å². The summed E-state index contributed by atoms with van der Waals surface area (Å²) < 4.78 is 0. The Kier molecular flexibility index (Phi) is 4.03. The van der Waals surface area contributed by atoms with Gasteiger partial charge < -0.3 is 11.1 Å². The fraction of sp³-hybridized carbons (Fsp3) is 0.0714. The van der Waals surface area contributed by atoms with Gasteiger partial charge in [0, 0.05) is 16.5 Å². The largest absolute Gasteiger partial charge is 0.394 e. The number of rotatable bonds is 4. The normalized spacial score (nSPS) is 10.5. The van der Waals surface area contributed by atoms with E-state index in [1.54, 1.807) is 6.20 Å². The summed E-state index contributed by atoms with van der Waals surface area (Å²) in [4.78, 5) is 13.7. The highest BCUT2D eigenvalue weighted by molar-refractivity contribution is 7.99. The van der Waals surface area contributed by atoms with Gasteiger partial charge in [0.1, 0.15) is 17.0 Å². The standard InChI is InChI=1S/C14H13N5S2/c1-9-2-4-10(5-3-9)21-13-11(15)12(17-8-18-13)19-14-16-6-7-20-14/h2-8H,15H2,1H3,(H,16,17,18,19). The molecule has 0 unspecified atom stereocenters. The maximum absolute atomic E-state index is 6.15. The quantitative estimate of drug-likeness (QED) is 0.715. The van der Waals surface area contributed by atoms with E-state index in [1.807, 2.05) is 5.38 Å². The summed E-state index contributed by atoms with van der Waals surface area (Å²) in [6.45, 7) is 2.06. The van der Waals surface area contributed by atoms with E-state index in [-0.39, 0.29) is 0 Å². The predicted molar refractivity (Wildman–Crippen MR) is 87.1 cm³/mol. The van der Waals surface area contributed by atoms with Crippen LogP contribution in [0, 0.1) is 6.92 Å². The molecule has 106 valence electrons. The summed E-state index contributed by atoms with van der Waals surface area (Å²) in [6.07, 6.45) is 3.23. The SMILES string of the molecule is Cc1ccc(Sc2ncnc(Nc3nccs3)c2N)cc1. The third-order valence-electron chi connectivity index (χ3n) is 2.74. The lowest BCUT2D eigenvalue weighted by Gasteiger charge is -2.09. The Labute approximate surface area is 130 Å². The monoisotopic (exact) mass is 315 g/mol. The molecule has 0 aliphatic carbocycles. The Balaban J connectivity index is 1.84. The number of aryl methyl sites for hydroxylation is 1. The van der Waals surface area contributed by atoms with Crippen molar-refractivity contribution in [3.8, 4) is 0 Å². The Bertz CT molecular complexity index is 726. The number of hydrogen-bond donors (Lipinski definition) is 2. The van der Waals surface area contributed by atoms with Crippen LogP contribution in [0.4, 0.5) is 16.6 Å². The molecule has 0 aliphatic heterocycles. The third-order valence-corrected chi connectivity index (χ3v) is 4.46. The Morgan fingerprint density at radius 3 is 2.67 bits per heavy atom. The summed E-state index contributed by atoms with van der Waals surface area (Å²) >= 11 is 3.01. The molecule has 2 aromatic heterocycles. The number of nitrogen functional groups attached to an aromatic ring is 1. The number of nitrogens with two attached hydrogens (primary N) is 1. The predicted octanol–water partition coefficient (Wildman–Crippen LogP) is 3.72. The van der Waals surface area contributed by atoms with Crippen molar-refractivity contribution < 1.29 is 0 Å². The number of thiazole rings is 1. The maximum Gasteiger partial charge on any atom is 0.188 e. The number of nitrogens with zero attached hydrogens (tertiary/aromatic N) is 3. The smallest absolute Gasteiger partial charge is 0.188 e. The zero-order valence-corrected chi connectivity index (χ0v) is 12.9. The summed E-state index contributed by atoms with van der Waals surface area (Å²) in [5.74, 6) is 0.578. The Hall–Kier alpha value is -2.12. The summed E-state index contributed by atoms with van der Waals surface area (Å²) in [7, 11) is 0. The van der Waals surface area contributed by atoms with Crippen molar-refractivity contribution in [3.05, 3.63) is 47.7 Å². The number of anilines is 3. The third kappa shape index (κ3) is 3.32. The van der Waals surface area contributed by atoms with E-state index in [2.05, 4.69) is 51.5 Å². The zero-order chi connectivity index (χ0) is 14.7. The van der Waals surface area contributed by atoms with Crippen LogP contribution in [0.25, 0.3) is 0 Å². The number of hydrogen-bond acceptors (Lipinski definition) is 7. The van der Waals surface area contributed by atoms with Crippen LogP contribution in [0.2, 0.25) is 0 Å². The van der Waals surface area contributed by atoms with Crippen molar-refractivity contribution in [2.24, 2.45) is 0 Å². The number of aromatic nitrogens is 3.